The minimum Gasteiger partial charge on any atom is -0.292 e. The molecule has 1 fully saturated rings. The van der Waals surface area contributed by atoms with Crippen LogP contribution in [-0.4, -0.2) is 43.2 Å². The number of likely N-dealkylation sites (N-methyl/N-ethyl adjacent to an activating group) is 1. The molecule has 2 nitrogen and oxygen atoms in total. The molecule has 0 unspecified atom stereocenters. The van der Waals surface area contributed by atoms with Gasteiger partial charge in [0.25, 0.3) is 0 Å². The molecular formula is C8H18N2. The summed E-state index contributed by atoms with van der Waals surface area (Å²) >= 11 is 0. The molecule has 0 atom stereocenters. The molecule has 0 N–H and O–H groups in total. The van der Waals surface area contributed by atoms with Crippen LogP contribution in [0.5, 0.6) is 0 Å². The highest BCUT2D eigenvalue weighted by Gasteiger charge is 2.16. The van der Waals surface area contributed by atoms with E-state index in [-0.39, 0.29) is 0 Å². The van der Waals surface area contributed by atoms with Crippen molar-refractivity contribution in [3.8, 4) is 0 Å². The Hall–Kier alpha value is -0.0800. The fourth-order valence-electron chi connectivity index (χ4n) is 1.46. The van der Waals surface area contributed by atoms with E-state index < -0.39 is 0 Å². The lowest BCUT2D eigenvalue weighted by Crippen LogP contribution is -2.26. The average Bonchev–Trinajstić information content (AvgIpc) is 2.13. The zero-order chi connectivity index (χ0) is 7.56. The zero-order valence-electron chi connectivity index (χ0n) is 7.30. The van der Waals surface area contributed by atoms with Crippen molar-refractivity contribution < 1.29 is 0 Å². The van der Waals surface area contributed by atoms with Crippen LogP contribution < -0.4 is 0 Å². The van der Waals surface area contributed by atoms with Crippen LogP contribution >= 0.6 is 0 Å². The van der Waals surface area contributed by atoms with Crippen molar-refractivity contribution in [3.63, 3.8) is 0 Å². The molecule has 2 heteroatoms. The minimum atomic E-state index is 0.812. The molecule has 1 aliphatic heterocycles. The van der Waals surface area contributed by atoms with Gasteiger partial charge in [0.2, 0.25) is 0 Å². The number of hydrogen-bond donors (Lipinski definition) is 0. The molecule has 0 amide bonds. The number of rotatable bonds is 2. The third-order valence-corrected chi connectivity index (χ3v) is 1.86. The summed E-state index contributed by atoms with van der Waals surface area (Å²) < 4.78 is 0. The van der Waals surface area contributed by atoms with Crippen molar-refractivity contribution in [2.24, 2.45) is 5.92 Å². The Morgan fingerprint density at radius 2 is 2.00 bits per heavy atom. The Morgan fingerprint density at radius 3 is 2.40 bits per heavy atom. The third kappa shape index (κ3) is 2.27. The third-order valence-electron chi connectivity index (χ3n) is 1.86. The smallest absolute Gasteiger partial charge is 0.0504 e. The zero-order valence-corrected chi connectivity index (χ0v) is 7.30. The monoisotopic (exact) mass is 142 g/mol. The predicted molar refractivity (Wildman–Crippen MR) is 43.9 cm³/mol. The van der Waals surface area contributed by atoms with Gasteiger partial charge in [-0.1, -0.05) is 13.8 Å². The summed E-state index contributed by atoms with van der Waals surface area (Å²) in [7, 11) is 2.18. The maximum absolute atomic E-state index is 2.50. The molecule has 0 aromatic rings. The second-order valence-electron chi connectivity index (χ2n) is 3.69. The van der Waals surface area contributed by atoms with Gasteiger partial charge in [0.1, 0.15) is 0 Å². The summed E-state index contributed by atoms with van der Waals surface area (Å²) in [5, 5.41) is 0. The first-order valence-electron chi connectivity index (χ1n) is 4.09. The minimum absolute atomic E-state index is 0.812. The molecule has 0 bridgehead atoms. The molecule has 0 saturated carbocycles. The summed E-state index contributed by atoms with van der Waals surface area (Å²) in [6, 6.07) is 0. The summed E-state index contributed by atoms with van der Waals surface area (Å²) in [4.78, 5) is 4.87. The molecule has 0 spiro atoms. The van der Waals surface area contributed by atoms with Crippen molar-refractivity contribution >= 4 is 0 Å². The SMILES string of the molecule is CC(C)CN1CCN(C)C1. The lowest BCUT2D eigenvalue weighted by atomic mass is 10.2. The van der Waals surface area contributed by atoms with Gasteiger partial charge in [-0.15, -0.1) is 0 Å². The molecule has 1 heterocycles. The Bertz CT molecular complexity index is 101. The van der Waals surface area contributed by atoms with Crippen LogP contribution in [0.3, 0.4) is 0 Å². The first-order valence-corrected chi connectivity index (χ1v) is 4.09. The van der Waals surface area contributed by atoms with Gasteiger partial charge in [0, 0.05) is 19.6 Å². The molecular weight excluding hydrogens is 124 g/mol. The molecule has 0 aromatic heterocycles. The largest absolute Gasteiger partial charge is 0.292 e. The standard InChI is InChI=1S/C8H18N2/c1-8(2)6-10-5-4-9(3)7-10/h8H,4-7H2,1-3H3. The summed E-state index contributed by atoms with van der Waals surface area (Å²) in [6.45, 7) is 9.47. The van der Waals surface area contributed by atoms with Crippen LogP contribution in [0.15, 0.2) is 0 Å². The quantitative estimate of drug-likeness (QED) is 0.564. The van der Waals surface area contributed by atoms with Gasteiger partial charge >= 0.3 is 0 Å². The maximum atomic E-state index is 2.50. The van der Waals surface area contributed by atoms with Gasteiger partial charge in [-0.2, -0.15) is 0 Å². The Kier molecular flexibility index (Phi) is 2.69. The van der Waals surface area contributed by atoms with Crippen molar-refractivity contribution in [1.82, 2.24) is 9.80 Å². The fourth-order valence-corrected chi connectivity index (χ4v) is 1.46. The lowest BCUT2D eigenvalue weighted by Gasteiger charge is -2.17. The van der Waals surface area contributed by atoms with E-state index in [0.29, 0.717) is 0 Å². The van der Waals surface area contributed by atoms with Gasteiger partial charge in [0.15, 0.2) is 0 Å². The number of nitrogens with zero attached hydrogens (tertiary/aromatic N) is 2. The van der Waals surface area contributed by atoms with E-state index in [1.807, 2.05) is 0 Å². The normalized spacial score (nSPS) is 22.8. The Balaban J connectivity index is 2.18. The van der Waals surface area contributed by atoms with E-state index in [0.717, 1.165) is 12.6 Å². The predicted octanol–water partition coefficient (Wildman–Crippen LogP) is 0.847. The molecule has 60 valence electrons. The van der Waals surface area contributed by atoms with E-state index in [9.17, 15) is 0 Å². The highest BCUT2D eigenvalue weighted by atomic mass is 15.4. The van der Waals surface area contributed by atoms with E-state index in [2.05, 4.69) is 30.7 Å². The van der Waals surface area contributed by atoms with Gasteiger partial charge < -0.3 is 0 Å². The van der Waals surface area contributed by atoms with Crippen LogP contribution in [0.2, 0.25) is 0 Å². The van der Waals surface area contributed by atoms with Crippen molar-refractivity contribution in [3.05, 3.63) is 0 Å². The molecule has 0 aromatic carbocycles. The number of hydrogen-bond acceptors (Lipinski definition) is 2. The fraction of sp³-hybridized carbons (Fsp3) is 1.00. The van der Waals surface area contributed by atoms with Gasteiger partial charge in [-0.25, -0.2) is 0 Å². The summed E-state index contributed by atoms with van der Waals surface area (Å²) in [5.74, 6) is 0.812. The molecule has 1 aliphatic rings. The van der Waals surface area contributed by atoms with Crippen LogP contribution in [0, 0.1) is 5.92 Å². The molecule has 0 aliphatic carbocycles. The van der Waals surface area contributed by atoms with Crippen LogP contribution in [-0.2, 0) is 0 Å². The topological polar surface area (TPSA) is 6.48 Å². The van der Waals surface area contributed by atoms with Crippen LogP contribution in [0.25, 0.3) is 0 Å². The lowest BCUT2D eigenvalue weighted by molar-refractivity contribution is 0.250. The molecule has 1 rings (SSSR count). The van der Waals surface area contributed by atoms with E-state index in [4.69, 9.17) is 0 Å². The first-order chi connectivity index (χ1) is 4.68. The van der Waals surface area contributed by atoms with Crippen LogP contribution in [0.1, 0.15) is 13.8 Å². The van der Waals surface area contributed by atoms with E-state index in [1.165, 1.54) is 19.6 Å². The maximum Gasteiger partial charge on any atom is 0.0504 e. The van der Waals surface area contributed by atoms with Crippen molar-refractivity contribution in [2.45, 2.75) is 13.8 Å². The first kappa shape index (κ1) is 8.02. The van der Waals surface area contributed by atoms with Gasteiger partial charge in [-0.3, -0.25) is 9.80 Å². The molecule has 1 saturated heterocycles. The Morgan fingerprint density at radius 1 is 1.30 bits per heavy atom. The van der Waals surface area contributed by atoms with E-state index >= 15 is 0 Å². The molecule has 10 heavy (non-hydrogen) atoms. The second kappa shape index (κ2) is 3.35. The Labute approximate surface area is 63.8 Å². The average molecular weight is 142 g/mol. The van der Waals surface area contributed by atoms with Gasteiger partial charge in [-0.05, 0) is 13.0 Å². The van der Waals surface area contributed by atoms with E-state index in [1.54, 1.807) is 0 Å². The highest BCUT2D eigenvalue weighted by Crippen LogP contribution is 2.04. The highest BCUT2D eigenvalue weighted by molar-refractivity contribution is 4.68. The van der Waals surface area contributed by atoms with Crippen molar-refractivity contribution in [2.75, 3.05) is 33.4 Å². The second-order valence-corrected chi connectivity index (χ2v) is 3.69. The van der Waals surface area contributed by atoms with Gasteiger partial charge in [0.05, 0.1) is 6.67 Å². The summed E-state index contributed by atoms with van der Waals surface area (Å²) in [6.07, 6.45) is 0. The molecule has 0 radical (unpaired) electrons. The van der Waals surface area contributed by atoms with Crippen LogP contribution in [0.4, 0.5) is 0 Å². The van der Waals surface area contributed by atoms with Crippen molar-refractivity contribution in [1.29, 1.82) is 0 Å². The summed E-state index contributed by atoms with van der Waals surface area (Å²) in [5.41, 5.74) is 0.